The predicted molar refractivity (Wildman–Crippen MR) is 101 cm³/mol. The van der Waals surface area contributed by atoms with Gasteiger partial charge in [0.1, 0.15) is 0 Å². The summed E-state index contributed by atoms with van der Waals surface area (Å²) in [5.74, 6) is 0.741. The highest BCUT2D eigenvalue weighted by Gasteiger charge is 2.33. The zero-order valence-corrected chi connectivity index (χ0v) is 15.0. The van der Waals surface area contributed by atoms with Crippen molar-refractivity contribution in [3.05, 3.63) is 54.1 Å². The summed E-state index contributed by atoms with van der Waals surface area (Å²) in [5.41, 5.74) is 0.442. The van der Waals surface area contributed by atoms with Crippen molar-refractivity contribution in [3.8, 4) is 0 Å². The molecule has 0 spiro atoms. The van der Waals surface area contributed by atoms with Gasteiger partial charge in [-0.1, -0.05) is 19.1 Å². The molecule has 0 atom stereocenters. The second kappa shape index (κ2) is 7.90. The fourth-order valence-electron chi connectivity index (χ4n) is 3.15. The van der Waals surface area contributed by atoms with E-state index in [-0.39, 0.29) is 5.69 Å². The Kier molecular flexibility index (Phi) is 5.58. The molecular formula is C20H22F3N3O. The molecule has 0 bridgehead atoms. The maximum absolute atomic E-state index is 13.0. The first-order valence-electron chi connectivity index (χ1n) is 8.92. The van der Waals surface area contributed by atoms with Crippen LogP contribution in [0.25, 0.3) is 0 Å². The molecule has 144 valence electrons. The number of amides is 2. The monoisotopic (exact) mass is 377 g/mol. The smallest absolute Gasteiger partial charge is 0.372 e. The van der Waals surface area contributed by atoms with Crippen LogP contribution in [0, 0.1) is 5.92 Å². The lowest BCUT2D eigenvalue weighted by atomic mass is 9.99. The number of rotatable bonds is 3. The summed E-state index contributed by atoms with van der Waals surface area (Å²) in [4.78, 5) is 14.4. The summed E-state index contributed by atoms with van der Waals surface area (Å²) in [5, 5.41) is 4.84. The molecule has 2 amide bonds. The number of carbonyl (C=O) groups excluding carboxylic acids is 1. The largest absolute Gasteiger partial charge is 0.418 e. The number of halogens is 3. The third-order valence-electron chi connectivity index (χ3n) is 4.75. The minimum atomic E-state index is -4.53. The molecule has 0 radical (unpaired) electrons. The Morgan fingerprint density at radius 2 is 1.63 bits per heavy atom. The molecule has 0 unspecified atom stereocenters. The maximum Gasteiger partial charge on any atom is 0.418 e. The van der Waals surface area contributed by atoms with Crippen LogP contribution in [-0.2, 0) is 6.18 Å². The van der Waals surface area contributed by atoms with Crippen molar-refractivity contribution in [1.82, 2.24) is 0 Å². The van der Waals surface area contributed by atoms with Crippen molar-refractivity contribution in [2.24, 2.45) is 5.92 Å². The first-order chi connectivity index (χ1) is 12.8. The highest BCUT2D eigenvalue weighted by Crippen LogP contribution is 2.34. The molecule has 0 saturated carbocycles. The van der Waals surface area contributed by atoms with Gasteiger partial charge in [0.25, 0.3) is 0 Å². The average molecular weight is 377 g/mol. The molecule has 2 N–H and O–H groups in total. The number of nitrogens with zero attached hydrogens (tertiary/aromatic N) is 1. The molecule has 1 heterocycles. The topological polar surface area (TPSA) is 44.4 Å². The van der Waals surface area contributed by atoms with E-state index in [0.29, 0.717) is 5.69 Å². The highest BCUT2D eigenvalue weighted by molar-refractivity contribution is 6.00. The van der Waals surface area contributed by atoms with Crippen LogP contribution >= 0.6 is 0 Å². The maximum atomic E-state index is 13.0. The van der Waals surface area contributed by atoms with E-state index in [2.05, 4.69) is 22.5 Å². The lowest BCUT2D eigenvalue weighted by Gasteiger charge is -2.32. The van der Waals surface area contributed by atoms with Gasteiger partial charge in [-0.15, -0.1) is 0 Å². The number of benzene rings is 2. The van der Waals surface area contributed by atoms with Gasteiger partial charge in [0, 0.05) is 24.5 Å². The molecule has 2 aromatic carbocycles. The van der Waals surface area contributed by atoms with Gasteiger partial charge in [0.15, 0.2) is 0 Å². The van der Waals surface area contributed by atoms with Crippen molar-refractivity contribution in [2.45, 2.75) is 25.9 Å². The van der Waals surface area contributed by atoms with Gasteiger partial charge in [0.2, 0.25) is 0 Å². The standard InChI is InChI=1S/C20H22F3N3O/c1-14-10-12-26(13-11-14)16-8-6-15(7-9-16)24-19(27)25-18-5-3-2-4-17(18)20(21,22)23/h2-9,14H,10-13H2,1H3,(H2,24,25,27). The zero-order chi connectivity index (χ0) is 19.4. The molecule has 1 aliphatic heterocycles. The van der Waals surface area contributed by atoms with Gasteiger partial charge in [-0.05, 0) is 55.2 Å². The van der Waals surface area contributed by atoms with Gasteiger partial charge in [-0.2, -0.15) is 13.2 Å². The fraction of sp³-hybridized carbons (Fsp3) is 0.350. The van der Waals surface area contributed by atoms with E-state index in [9.17, 15) is 18.0 Å². The van der Waals surface area contributed by atoms with E-state index >= 15 is 0 Å². The zero-order valence-electron chi connectivity index (χ0n) is 15.0. The summed E-state index contributed by atoms with van der Waals surface area (Å²) in [6.07, 6.45) is -2.22. The molecule has 0 aromatic heterocycles. The number of hydrogen-bond donors (Lipinski definition) is 2. The van der Waals surface area contributed by atoms with Crippen molar-refractivity contribution in [2.75, 3.05) is 28.6 Å². The molecule has 2 aromatic rings. The number of piperidine rings is 1. The molecule has 3 rings (SSSR count). The predicted octanol–water partition coefficient (Wildman–Crippen LogP) is 5.59. The molecular weight excluding hydrogens is 355 g/mol. The Bertz CT molecular complexity index is 782. The normalized spacial score (nSPS) is 15.5. The van der Waals surface area contributed by atoms with Crippen LogP contribution < -0.4 is 15.5 Å². The highest BCUT2D eigenvalue weighted by atomic mass is 19.4. The van der Waals surface area contributed by atoms with Crippen LogP contribution in [0.4, 0.5) is 35.0 Å². The van der Waals surface area contributed by atoms with Crippen LogP contribution in [0.1, 0.15) is 25.3 Å². The summed E-state index contributed by atoms with van der Waals surface area (Å²) in [7, 11) is 0. The second-order valence-corrected chi connectivity index (χ2v) is 6.84. The van der Waals surface area contributed by atoms with Crippen LogP contribution in [-0.4, -0.2) is 19.1 Å². The summed E-state index contributed by atoms with van der Waals surface area (Å²) < 4.78 is 39.0. The van der Waals surface area contributed by atoms with Gasteiger partial charge in [0.05, 0.1) is 11.3 Å². The van der Waals surface area contributed by atoms with E-state index < -0.39 is 17.8 Å². The van der Waals surface area contributed by atoms with Crippen molar-refractivity contribution in [1.29, 1.82) is 0 Å². The molecule has 1 fully saturated rings. The Balaban J connectivity index is 1.62. The van der Waals surface area contributed by atoms with Crippen LogP contribution in [0.2, 0.25) is 0 Å². The Morgan fingerprint density at radius 3 is 2.26 bits per heavy atom. The van der Waals surface area contributed by atoms with Crippen molar-refractivity contribution < 1.29 is 18.0 Å². The third-order valence-corrected chi connectivity index (χ3v) is 4.75. The number of anilines is 3. The van der Waals surface area contributed by atoms with Crippen LogP contribution in [0.15, 0.2) is 48.5 Å². The SMILES string of the molecule is CC1CCN(c2ccc(NC(=O)Nc3ccccc3C(F)(F)F)cc2)CC1. The summed E-state index contributed by atoms with van der Waals surface area (Å²) >= 11 is 0. The minimum Gasteiger partial charge on any atom is -0.372 e. The van der Waals surface area contributed by atoms with E-state index in [0.717, 1.165) is 43.6 Å². The summed E-state index contributed by atoms with van der Waals surface area (Å²) in [6, 6.07) is 11.5. The van der Waals surface area contributed by atoms with Gasteiger partial charge < -0.3 is 15.5 Å². The molecule has 1 aliphatic rings. The summed E-state index contributed by atoms with van der Waals surface area (Å²) in [6.45, 7) is 4.26. The molecule has 0 aliphatic carbocycles. The Labute approximate surface area is 156 Å². The number of alkyl halides is 3. The van der Waals surface area contributed by atoms with Gasteiger partial charge >= 0.3 is 12.2 Å². The first kappa shape index (κ1) is 19.1. The van der Waals surface area contributed by atoms with E-state index in [1.807, 2.05) is 12.1 Å². The second-order valence-electron chi connectivity index (χ2n) is 6.84. The lowest BCUT2D eigenvalue weighted by molar-refractivity contribution is -0.136. The van der Waals surface area contributed by atoms with Crippen LogP contribution in [0.3, 0.4) is 0 Å². The third kappa shape index (κ3) is 4.93. The number of carbonyl (C=O) groups is 1. The van der Waals surface area contributed by atoms with Crippen molar-refractivity contribution >= 4 is 23.1 Å². The van der Waals surface area contributed by atoms with Gasteiger partial charge in [-0.25, -0.2) is 4.79 Å². The number of hydrogen-bond acceptors (Lipinski definition) is 2. The van der Waals surface area contributed by atoms with E-state index in [1.165, 1.54) is 18.2 Å². The molecule has 1 saturated heterocycles. The van der Waals surface area contributed by atoms with Crippen molar-refractivity contribution in [3.63, 3.8) is 0 Å². The first-order valence-corrected chi connectivity index (χ1v) is 8.92. The van der Waals surface area contributed by atoms with Gasteiger partial charge in [-0.3, -0.25) is 0 Å². The number of urea groups is 1. The van der Waals surface area contributed by atoms with Crippen LogP contribution in [0.5, 0.6) is 0 Å². The lowest BCUT2D eigenvalue weighted by Crippen LogP contribution is -2.32. The fourth-order valence-corrected chi connectivity index (χ4v) is 3.15. The number of para-hydroxylation sites is 1. The Morgan fingerprint density at radius 1 is 1.00 bits per heavy atom. The molecule has 27 heavy (non-hydrogen) atoms. The van der Waals surface area contributed by atoms with E-state index in [1.54, 1.807) is 12.1 Å². The number of nitrogens with one attached hydrogen (secondary N) is 2. The molecule has 7 heteroatoms. The quantitative estimate of drug-likeness (QED) is 0.733. The minimum absolute atomic E-state index is 0.276. The average Bonchev–Trinajstić information content (AvgIpc) is 2.62. The van der Waals surface area contributed by atoms with E-state index in [4.69, 9.17) is 0 Å². The molecule has 4 nitrogen and oxygen atoms in total. The Hall–Kier alpha value is -2.70.